The topological polar surface area (TPSA) is 63.9 Å². The lowest BCUT2D eigenvalue weighted by molar-refractivity contribution is -0.129. The summed E-state index contributed by atoms with van der Waals surface area (Å²) in [7, 11) is 3.21. The van der Waals surface area contributed by atoms with Gasteiger partial charge < -0.3 is 4.90 Å². The number of carbonyl (C=O) groups excluding carboxylic acids is 1. The van der Waals surface area contributed by atoms with Gasteiger partial charge in [0, 0.05) is 19.7 Å². The number of aromatic nitrogens is 4. The van der Waals surface area contributed by atoms with Crippen LogP contribution in [0.5, 0.6) is 0 Å². The molecule has 0 radical (unpaired) electrons. The molecule has 0 atom stereocenters. The number of carbonyl (C=O) groups is 1. The first-order chi connectivity index (χ1) is 11.4. The van der Waals surface area contributed by atoms with E-state index in [0.717, 1.165) is 12.1 Å². The van der Waals surface area contributed by atoms with E-state index in [0.29, 0.717) is 5.52 Å². The van der Waals surface area contributed by atoms with Crippen molar-refractivity contribution in [3.63, 3.8) is 0 Å². The number of amides is 1. The van der Waals surface area contributed by atoms with Gasteiger partial charge in [0.1, 0.15) is 12.1 Å². The fourth-order valence-corrected chi connectivity index (χ4v) is 2.08. The number of halogens is 3. The third-order valence-corrected chi connectivity index (χ3v) is 3.41. The first-order valence-corrected chi connectivity index (χ1v) is 6.90. The van der Waals surface area contributed by atoms with E-state index in [4.69, 9.17) is 0 Å². The monoisotopic (exact) mass is 335 g/mol. The van der Waals surface area contributed by atoms with Crippen molar-refractivity contribution in [2.75, 3.05) is 14.1 Å². The van der Waals surface area contributed by atoms with Crippen molar-refractivity contribution in [1.29, 1.82) is 0 Å². The van der Waals surface area contributed by atoms with Crippen LogP contribution in [-0.4, -0.2) is 44.7 Å². The second kappa shape index (κ2) is 5.91. The quantitative estimate of drug-likeness (QED) is 0.687. The SMILES string of the molecule is CN(C)C(=O)Cn1ncc2ncc(-c3cc(F)c(F)c(F)c3)nc21. The molecule has 3 rings (SSSR count). The zero-order valence-corrected chi connectivity index (χ0v) is 12.8. The molecule has 0 bridgehead atoms. The smallest absolute Gasteiger partial charge is 0.243 e. The molecule has 1 aromatic carbocycles. The van der Waals surface area contributed by atoms with Crippen LogP contribution in [0.2, 0.25) is 0 Å². The van der Waals surface area contributed by atoms with E-state index in [-0.39, 0.29) is 29.4 Å². The summed E-state index contributed by atoms with van der Waals surface area (Å²) in [6, 6.07) is 1.67. The van der Waals surface area contributed by atoms with Gasteiger partial charge in [-0.05, 0) is 12.1 Å². The summed E-state index contributed by atoms with van der Waals surface area (Å²) in [5.74, 6) is -4.38. The van der Waals surface area contributed by atoms with Gasteiger partial charge in [0.15, 0.2) is 23.1 Å². The van der Waals surface area contributed by atoms with E-state index in [2.05, 4.69) is 15.1 Å². The van der Waals surface area contributed by atoms with Crippen molar-refractivity contribution in [2.24, 2.45) is 0 Å². The molecule has 1 amide bonds. The average Bonchev–Trinajstić information content (AvgIpc) is 2.94. The largest absolute Gasteiger partial charge is 0.347 e. The van der Waals surface area contributed by atoms with Gasteiger partial charge in [0.25, 0.3) is 0 Å². The van der Waals surface area contributed by atoms with Gasteiger partial charge in [-0.3, -0.25) is 4.79 Å². The number of rotatable bonds is 3. The van der Waals surface area contributed by atoms with Crippen molar-refractivity contribution >= 4 is 17.1 Å². The Hall–Kier alpha value is -2.97. The normalized spacial score (nSPS) is 11.0. The van der Waals surface area contributed by atoms with Crippen LogP contribution in [0.25, 0.3) is 22.4 Å². The molecule has 0 aliphatic carbocycles. The predicted molar refractivity (Wildman–Crippen MR) is 79.3 cm³/mol. The minimum absolute atomic E-state index is 0.0347. The minimum Gasteiger partial charge on any atom is -0.347 e. The molecule has 0 aliphatic rings. The summed E-state index contributed by atoms with van der Waals surface area (Å²) in [6.07, 6.45) is 2.73. The molecule has 124 valence electrons. The standard InChI is InChI=1S/C15H12F3N5O/c1-22(2)13(24)7-23-15-12(6-20-23)19-5-11(21-15)8-3-9(16)14(18)10(17)4-8/h3-6H,7H2,1-2H3. The molecule has 0 N–H and O–H groups in total. The molecule has 0 saturated carbocycles. The van der Waals surface area contributed by atoms with Gasteiger partial charge >= 0.3 is 0 Å². The fraction of sp³-hybridized carbons (Fsp3) is 0.200. The van der Waals surface area contributed by atoms with Crippen LogP contribution < -0.4 is 0 Å². The summed E-state index contributed by atoms with van der Waals surface area (Å²) in [5, 5.41) is 4.04. The van der Waals surface area contributed by atoms with Crippen molar-refractivity contribution in [3.05, 3.63) is 42.0 Å². The highest BCUT2D eigenvalue weighted by Crippen LogP contribution is 2.23. The molecule has 0 unspecified atom stereocenters. The van der Waals surface area contributed by atoms with Gasteiger partial charge in [-0.15, -0.1) is 0 Å². The fourth-order valence-electron chi connectivity index (χ4n) is 2.08. The number of fused-ring (bicyclic) bond motifs is 1. The lowest BCUT2D eigenvalue weighted by Gasteiger charge is -2.10. The molecule has 0 spiro atoms. The molecule has 3 aromatic rings. The van der Waals surface area contributed by atoms with Gasteiger partial charge in [-0.25, -0.2) is 27.8 Å². The highest BCUT2D eigenvalue weighted by molar-refractivity contribution is 5.79. The number of likely N-dealkylation sites (N-methyl/N-ethyl adjacent to an activating group) is 1. The van der Waals surface area contributed by atoms with Crippen LogP contribution in [0.4, 0.5) is 13.2 Å². The molecule has 2 heterocycles. The van der Waals surface area contributed by atoms with Gasteiger partial charge in [-0.2, -0.15) is 5.10 Å². The highest BCUT2D eigenvalue weighted by atomic mass is 19.2. The third kappa shape index (κ3) is 2.80. The molecule has 0 fully saturated rings. The maximum atomic E-state index is 13.4. The van der Waals surface area contributed by atoms with Gasteiger partial charge in [0.05, 0.1) is 18.1 Å². The van der Waals surface area contributed by atoms with Crippen molar-refractivity contribution in [3.8, 4) is 11.3 Å². The molecular formula is C15H12F3N5O. The van der Waals surface area contributed by atoms with Crippen LogP contribution in [-0.2, 0) is 11.3 Å². The van der Waals surface area contributed by atoms with E-state index >= 15 is 0 Å². The summed E-state index contributed by atoms with van der Waals surface area (Å²) < 4.78 is 41.2. The van der Waals surface area contributed by atoms with Crippen LogP contribution in [0, 0.1) is 17.5 Å². The lowest BCUT2D eigenvalue weighted by Crippen LogP contribution is -2.26. The van der Waals surface area contributed by atoms with Crippen molar-refractivity contribution < 1.29 is 18.0 Å². The third-order valence-electron chi connectivity index (χ3n) is 3.41. The van der Waals surface area contributed by atoms with E-state index in [1.807, 2.05) is 0 Å². The Morgan fingerprint density at radius 3 is 2.46 bits per heavy atom. The molecule has 24 heavy (non-hydrogen) atoms. The predicted octanol–water partition coefficient (Wildman–Crippen LogP) is 2.00. The van der Waals surface area contributed by atoms with Crippen molar-refractivity contribution in [1.82, 2.24) is 24.6 Å². The van der Waals surface area contributed by atoms with E-state index in [1.54, 1.807) is 14.1 Å². The van der Waals surface area contributed by atoms with Crippen molar-refractivity contribution in [2.45, 2.75) is 6.54 Å². The van der Waals surface area contributed by atoms with Crippen LogP contribution >= 0.6 is 0 Å². The molecule has 6 nitrogen and oxygen atoms in total. The molecular weight excluding hydrogens is 323 g/mol. The molecule has 0 aliphatic heterocycles. The van der Waals surface area contributed by atoms with E-state index in [9.17, 15) is 18.0 Å². The average molecular weight is 335 g/mol. The van der Waals surface area contributed by atoms with Gasteiger partial charge in [0.2, 0.25) is 5.91 Å². The first kappa shape index (κ1) is 15.9. The Morgan fingerprint density at radius 1 is 1.17 bits per heavy atom. The molecule has 9 heteroatoms. The number of nitrogens with zero attached hydrogens (tertiary/aromatic N) is 5. The Morgan fingerprint density at radius 2 is 1.83 bits per heavy atom. The Balaban J connectivity index is 2.06. The Labute approximate surface area is 134 Å². The van der Waals surface area contributed by atoms with E-state index in [1.165, 1.54) is 22.0 Å². The van der Waals surface area contributed by atoms with Crippen LogP contribution in [0.1, 0.15) is 0 Å². The summed E-state index contributed by atoms with van der Waals surface area (Å²) in [6.45, 7) is -0.0548. The van der Waals surface area contributed by atoms with Crippen LogP contribution in [0.15, 0.2) is 24.5 Å². The summed E-state index contributed by atoms with van der Waals surface area (Å²) in [5.41, 5.74) is 0.882. The van der Waals surface area contributed by atoms with Crippen LogP contribution in [0.3, 0.4) is 0 Å². The number of hydrogen-bond donors (Lipinski definition) is 0. The molecule has 0 saturated heterocycles. The second-order valence-corrected chi connectivity index (χ2v) is 5.31. The van der Waals surface area contributed by atoms with Gasteiger partial charge in [-0.1, -0.05) is 0 Å². The molecule has 2 aromatic heterocycles. The summed E-state index contributed by atoms with van der Waals surface area (Å²) >= 11 is 0. The zero-order valence-electron chi connectivity index (χ0n) is 12.8. The second-order valence-electron chi connectivity index (χ2n) is 5.31. The Bertz CT molecular complexity index is 915. The Kier molecular flexibility index (Phi) is 3.92. The maximum absolute atomic E-state index is 13.4. The number of hydrogen-bond acceptors (Lipinski definition) is 4. The summed E-state index contributed by atoms with van der Waals surface area (Å²) in [4.78, 5) is 21.6. The van der Waals surface area contributed by atoms with E-state index < -0.39 is 17.5 Å². The minimum atomic E-state index is -1.55. The first-order valence-electron chi connectivity index (χ1n) is 6.90. The zero-order chi connectivity index (χ0) is 17.4. The highest BCUT2D eigenvalue weighted by Gasteiger charge is 2.15. The number of benzene rings is 1. The lowest BCUT2D eigenvalue weighted by atomic mass is 10.1. The maximum Gasteiger partial charge on any atom is 0.243 e.